The highest BCUT2D eigenvalue weighted by Gasteiger charge is 2.02. The summed E-state index contributed by atoms with van der Waals surface area (Å²) in [6.45, 7) is 4.72. The Morgan fingerprint density at radius 3 is 2.45 bits per heavy atom. The number of nitrogens with one attached hydrogen (secondary N) is 2. The van der Waals surface area contributed by atoms with E-state index in [0.29, 0.717) is 6.54 Å². The molecule has 0 saturated carbocycles. The number of carbonyl (C=O) groups is 1. The van der Waals surface area contributed by atoms with E-state index in [2.05, 4.69) is 29.7 Å². The molecule has 0 spiro atoms. The fourth-order valence-electron chi connectivity index (χ4n) is 1.96. The van der Waals surface area contributed by atoms with Gasteiger partial charge in [0.2, 0.25) is 0 Å². The van der Waals surface area contributed by atoms with Gasteiger partial charge in [-0.15, -0.1) is 0 Å². The van der Waals surface area contributed by atoms with Crippen LogP contribution in [-0.2, 0) is 6.42 Å². The van der Waals surface area contributed by atoms with Crippen LogP contribution in [0.15, 0.2) is 48.5 Å². The van der Waals surface area contributed by atoms with Crippen molar-refractivity contribution in [2.45, 2.75) is 20.3 Å². The van der Waals surface area contributed by atoms with Crippen LogP contribution in [0.5, 0.6) is 0 Å². The summed E-state index contributed by atoms with van der Waals surface area (Å²) in [5.41, 5.74) is 4.44. The predicted octanol–water partition coefficient (Wildman–Crippen LogP) is 3.67. The Balaban J connectivity index is 1.79. The molecule has 2 aromatic carbocycles. The summed E-state index contributed by atoms with van der Waals surface area (Å²) in [7, 11) is 0. The minimum atomic E-state index is -0.163. The van der Waals surface area contributed by atoms with E-state index in [1.54, 1.807) is 0 Å². The van der Waals surface area contributed by atoms with E-state index in [9.17, 15) is 4.79 Å². The normalized spacial score (nSPS) is 10.1. The fraction of sp³-hybridized carbons (Fsp3) is 0.235. The Hall–Kier alpha value is -2.29. The van der Waals surface area contributed by atoms with Crippen molar-refractivity contribution >= 4 is 11.7 Å². The van der Waals surface area contributed by atoms with Gasteiger partial charge in [-0.1, -0.05) is 36.4 Å². The number of benzene rings is 2. The molecule has 0 bridgehead atoms. The van der Waals surface area contributed by atoms with Gasteiger partial charge in [0.05, 0.1) is 0 Å². The summed E-state index contributed by atoms with van der Waals surface area (Å²) in [5.74, 6) is 0. The van der Waals surface area contributed by atoms with Gasteiger partial charge in [0, 0.05) is 12.2 Å². The summed E-state index contributed by atoms with van der Waals surface area (Å²) in [6.07, 6.45) is 0.835. The molecule has 2 rings (SSSR count). The topological polar surface area (TPSA) is 41.1 Å². The maximum Gasteiger partial charge on any atom is 0.319 e. The van der Waals surface area contributed by atoms with Crippen molar-refractivity contribution in [2.75, 3.05) is 11.9 Å². The summed E-state index contributed by atoms with van der Waals surface area (Å²) in [5, 5.41) is 5.71. The first-order valence-electron chi connectivity index (χ1n) is 6.81. The Labute approximate surface area is 120 Å². The van der Waals surface area contributed by atoms with E-state index in [4.69, 9.17) is 0 Å². The lowest BCUT2D eigenvalue weighted by Crippen LogP contribution is -2.30. The number of hydrogen-bond acceptors (Lipinski definition) is 1. The first kappa shape index (κ1) is 14.1. The van der Waals surface area contributed by atoms with Crippen molar-refractivity contribution in [1.82, 2.24) is 5.32 Å². The number of hydrogen-bond donors (Lipinski definition) is 2. The molecule has 0 heterocycles. The quantitative estimate of drug-likeness (QED) is 0.872. The van der Waals surface area contributed by atoms with Crippen molar-refractivity contribution in [3.05, 3.63) is 65.2 Å². The van der Waals surface area contributed by atoms with Crippen LogP contribution in [0.3, 0.4) is 0 Å². The number of amides is 2. The smallest absolute Gasteiger partial charge is 0.319 e. The van der Waals surface area contributed by atoms with Crippen molar-refractivity contribution in [3.63, 3.8) is 0 Å². The molecule has 2 N–H and O–H groups in total. The van der Waals surface area contributed by atoms with E-state index >= 15 is 0 Å². The maximum absolute atomic E-state index is 11.8. The molecule has 2 aromatic rings. The summed E-state index contributed by atoms with van der Waals surface area (Å²) in [6, 6.07) is 15.9. The average Bonchev–Trinajstić information content (AvgIpc) is 2.44. The second-order valence-corrected chi connectivity index (χ2v) is 4.92. The SMILES string of the molecule is Cc1ccc(NC(=O)NCCc2ccccc2)cc1C. The summed E-state index contributed by atoms with van der Waals surface area (Å²) in [4.78, 5) is 11.8. The van der Waals surface area contributed by atoms with E-state index in [1.807, 2.05) is 43.3 Å². The van der Waals surface area contributed by atoms with Gasteiger partial charge in [-0.25, -0.2) is 4.79 Å². The van der Waals surface area contributed by atoms with Crippen LogP contribution in [0.25, 0.3) is 0 Å². The molecule has 0 saturated heterocycles. The van der Waals surface area contributed by atoms with Crippen molar-refractivity contribution in [1.29, 1.82) is 0 Å². The van der Waals surface area contributed by atoms with Gasteiger partial charge < -0.3 is 10.6 Å². The first-order chi connectivity index (χ1) is 9.65. The molecule has 0 aliphatic carbocycles. The molecular formula is C17H20N2O. The lowest BCUT2D eigenvalue weighted by molar-refractivity contribution is 0.252. The third-order valence-corrected chi connectivity index (χ3v) is 3.31. The molecule has 3 nitrogen and oxygen atoms in total. The molecule has 2 amide bonds. The molecule has 0 aromatic heterocycles. The average molecular weight is 268 g/mol. The van der Waals surface area contributed by atoms with E-state index in [0.717, 1.165) is 12.1 Å². The highest BCUT2D eigenvalue weighted by molar-refractivity contribution is 5.89. The van der Waals surface area contributed by atoms with E-state index in [1.165, 1.54) is 16.7 Å². The molecule has 0 fully saturated rings. The second kappa shape index (κ2) is 6.75. The first-order valence-corrected chi connectivity index (χ1v) is 6.81. The molecule has 0 atom stereocenters. The molecule has 0 aliphatic heterocycles. The number of carbonyl (C=O) groups excluding carboxylic acids is 1. The Kier molecular flexibility index (Phi) is 4.77. The fourth-order valence-corrected chi connectivity index (χ4v) is 1.96. The number of aryl methyl sites for hydroxylation is 2. The van der Waals surface area contributed by atoms with Gasteiger partial charge in [0.15, 0.2) is 0 Å². The van der Waals surface area contributed by atoms with Gasteiger partial charge in [0.1, 0.15) is 0 Å². The van der Waals surface area contributed by atoms with Gasteiger partial charge in [-0.2, -0.15) is 0 Å². The molecular weight excluding hydrogens is 248 g/mol. The van der Waals surface area contributed by atoms with Crippen LogP contribution in [0, 0.1) is 13.8 Å². The van der Waals surface area contributed by atoms with E-state index in [-0.39, 0.29) is 6.03 Å². The highest BCUT2D eigenvalue weighted by atomic mass is 16.2. The molecule has 104 valence electrons. The zero-order valence-corrected chi connectivity index (χ0v) is 11.9. The minimum absolute atomic E-state index is 0.163. The van der Waals surface area contributed by atoms with Crippen LogP contribution in [0.1, 0.15) is 16.7 Å². The van der Waals surface area contributed by atoms with Crippen LogP contribution in [0.4, 0.5) is 10.5 Å². The third-order valence-electron chi connectivity index (χ3n) is 3.31. The van der Waals surface area contributed by atoms with Crippen molar-refractivity contribution < 1.29 is 4.79 Å². The Morgan fingerprint density at radius 2 is 1.75 bits per heavy atom. The van der Waals surface area contributed by atoms with Crippen LogP contribution >= 0.6 is 0 Å². The van der Waals surface area contributed by atoms with E-state index < -0.39 is 0 Å². The van der Waals surface area contributed by atoms with Gasteiger partial charge >= 0.3 is 6.03 Å². The van der Waals surface area contributed by atoms with Gasteiger partial charge in [0.25, 0.3) is 0 Å². The monoisotopic (exact) mass is 268 g/mol. The minimum Gasteiger partial charge on any atom is -0.338 e. The largest absolute Gasteiger partial charge is 0.338 e. The second-order valence-electron chi connectivity index (χ2n) is 4.92. The number of urea groups is 1. The summed E-state index contributed by atoms with van der Waals surface area (Å²) < 4.78 is 0. The van der Waals surface area contributed by atoms with Gasteiger partial charge in [-0.3, -0.25) is 0 Å². The molecule has 3 heteroatoms. The molecule has 0 radical (unpaired) electrons. The molecule has 0 unspecified atom stereocenters. The molecule has 20 heavy (non-hydrogen) atoms. The van der Waals surface area contributed by atoms with Crippen LogP contribution in [-0.4, -0.2) is 12.6 Å². The van der Waals surface area contributed by atoms with Crippen LogP contribution in [0.2, 0.25) is 0 Å². The Morgan fingerprint density at radius 1 is 1.00 bits per heavy atom. The Bertz CT molecular complexity index is 579. The zero-order chi connectivity index (χ0) is 14.4. The van der Waals surface area contributed by atoms with Crippen molar-refractivity contribution in [3.8, 4) is 0 Å². The van der Waals surface area contributed by atoms with Crippen LogP contribution < -0.4 is 10.6 Å². The summed E-state index contributed by atoms with van der Waals surface area (Å²) >= 11 is 0. The zero-order valence-electron chi connectivity index (χ0n) is 11.9. The third kappa shape index (κ3) is 4.12. The maximum atomic E-state index is 11.8. The lowest BCUT2D eigenvalue weighted by atomic mass is 10.1. The standard InChI is InChI=1S/C17H20N2O/c1-13-8-9-16(12-14(13)2)19-17(20)18-11-10-15-6-4-3-5-7-15/h3-9,12H,10-11H2,1-2H3,(H2,18,19,20). The highest BCUT2D eigenvalue weighted by Crippen LogP contribution is 2.13. The molecule has 0 aliphatic rings. The number of rotatable bonds is 4. The number of anilines is 1. The van der Waals surface area contributed by atoms with Gasteiger partial charge in [-0.05, 0) is 49.1 Å². The predicted molar refractivity (Wildman–Crippen MR) is 83.1 cm³/mol. The lowest BCUT2D eigenvalue weighted by Gasteiger charge is -2.09. The van der Waals surface area contributed by atoms with Crippen molar-refractivity contribution in [2.24, 2.45) is 0 Å².